The molecule has 0 bridgehead atoms. The molecule has 0 aliphatic heterocycles. The minimum absolute atomic E-state index is 0.0556. The van der Waals surface area contributed by atoms with Crippen molar-refractivity contribution in [3.8, 4) is 5.75 Å². The van der Waals surface area contributed by atoms with Gasteiger partial charge < -0.3 is 31.1 Å². The highest BCUT2D eigenvalue weighted by atomic mass is 19.4. The molecule has 2 aromatic heterocycles. The molecule has 11 heteroatoms. The van der Waals surface area contributed by atoms with Crippen LogP contribution in [0.25, 0.3) is 16.7 Å². The fourth-order valence-electron chi connectivity index (χ4n) is 4.35. The van der Waals surface area contributed by atoms with Crippen LogP contribution in [0.3, 0.4) is 0 Å². The Bertz CT molecular complexity index is 1230. The van der Waals surface area contributed by atoms with Gasteiger partial charge in [0.2, 0.25) is 5.95 Å². The molecular weight excluding hydrogens is 459 g/mol. The Kier molecular flexibility index (Phi) is 7.13. The van der Waals surface area contributed by atoms with Crippen molar-refractivity contribution >= 4 is 40.4 Å². The Labute approximate surface area is 200 Å². The lowest BCUT2D eigenvalue weighted by Crippen LogP contribution is -2.23. The number of aromatic amines is 1. The maximum absolute atomic E-state index is 13.7. The van der Waals surface area contributed by atoms with Gasteiger partial charge in [-0.2, -0.15) is 23.1 Å². The van der Waals surface area contributed by atoms with Gasteiger partial charge in [0.25, 0.3) is 0 Å². The van der Waals surface area contributed by atoms with E-state index in [-0.39, 0.29) is 28.8 Å². The standard InChI is InChI=1S/C24H28F3N7O/c1-29-17(10-11-28)14-8-9-18(19(12-14)35-2)32-23-33-21-20(16(13-30-21)24(25,26)27)22(34-23)31-15-6-4-3-5-7-15/h8-13,15,28-29H,3-7H2,1-2H3,(H3,30,31,32,33,34)/b17-10-,28-11?. The molecule has 5 N–H and O–H groups in total. The van der Waals surface area contributed by atoms with Crippen LogP contribution in [-0.4, -0.2) is 41.4 Å². The minimum atomic E-state index is -4.53. The first-order valence-corrected chi connectivity index (χ1v) is 11.4. The van der Waals surface area contributed by atoms with Gasteiger partial charge in [-0.05, 0) is 31.1 Å². The Balaban J connectivity index is 1.73. The molecule has 0 unspecified atom stereocenters. The Morgan fingerprint density at radius 3 is 2.63 bits per heavy atom. The molecule has 8 nitrogen and oxygen atoms in total. The van der Waals surface area contributed by atoms with Crippen LogP contribution in [0.5, 0.6) is 5.75 Å². The van der Waals surface area contributed by atoms with Crippen LogP contribution in [0.4, 0.5) is 30.6 Å². The molecule has 35 heavy (non-hydrogen) atoms. The molecule has 0 spiro atoms. The molecule has 0 radical (unpaired) electrons. The van der Waals surface area contributed by atoms with Crippen molar-refractivity contribution in [2.45, 2.75) is 44.3 Å². The molecule has 1 saturated carbocycles. The SMILES string of the molecule is CN/C(=C\C=N)c1ccc(Nc2nc(NC3CCCCC3)c3c(C(F)(F)F)c[nH]c3n2)c(OC)c1. The fraction of sp³-hybridized carbons (Fsp3) is 0.375. The van der Waals surface area contributed by atoms with Crippen molar-refractivity contribution in [2.24, 2.45) is 0 Å². The number of allylic oxidation sites excluding steroid dienone is 1. The second-order valence-electron chi connectivity index (χ2n) is 8.34. The summed E-state index contributed by atoms with van der Waals surface area (Å²) in [7, 11) is 3.27. The van der Waals surface area contributed by atoms with Crippen LogP contribution in [0.15, 0.2) is 30.5 Å². The van der Waals surface area contributed by atoms with E-state index in [2.05, 4.69) is 30.9 Å². The predicted molar refractivity (Wildman–Crippen MR) is 131 cm³/mol. The number of alkyl halides is 3. The lowest BCUT2D eigenvalue weighted by Gasteiger charge is -2.24. The summed E-state index contributed by atoms with van der Waals surface area (Å²) in [6.07, 6.45) is 4.14. The number of H-pyrrole nitrogens is 1. The zero-order chi connectivity index (χ0) is 25.0. The number of halogens is 3. The highest BCUT2D eigenvalue weighted by molar-refractivity contribution is 5.92. The zero-order valence-corrected chi connectivity index (χ0v) is 19.5. The number of ether oxygens (including phenoxy) is 1. The number of nitrogens with zero attached hydrogens (tertiary/aromatic N) is 2. The van der Waals surface area contributed by atoms with Gasteiger partial charge >= 0.3 is 6.18 Å². The molecule has 4 rings (SSSR count). The van der Waals surface area contributed by atoms with E-state index in [1.807, 2.05) is 6.07 Å². The van der Waals surface area contributed by atoms with Crippen LogP contribution in [0, 0.1) is 5.41 Å². The predicted octanol–water partition coefficient (Wildman–Crippen LogP) is 5.68. The van der Waals surface area contributed by atoms with Crippen LogP contribution in [0.1, 0.15) is 43.2 Å². The number of rotatable bonds is 8. The van der Waals surface area contributed by atoms with Gasteiger partial charge in [-0.15, -0.1) is 0 Å². The first kappa shape index (κ1) is 24.4. The van der Waals surface area contributed by atoms with E-state index >= 15 is 0 Å². The topological polar surface area (TPSA) is 111 Å². The number of benzene rings is 1. The van der Waals surface area contributed by atoms with Crippen LogP contribution >= 0.6 is 0 Å². The van der Waals surface area contributed by atoms with E-state index in [9.17, 15) is 13.2 Å². The Morgan fingerprint density at radius 2 is 1.97 bits per heavy atom. The third-order valence-corrected chi connectivity index (χ3v) is 6.06. The summed E-state index contributed by atoms with van der Waals surface area (Å²) in [6.45, 7) is 0. The van der Waals surface area contributed by atoms with Crippen molar-refractivity contribution in [3.63, 3.8) is 0 Å². The molecule has 0 saturated heterocycles. The van der Waals surface area contributed by atoms with Crippen molar-refractivity contribution in [1.29, 1.82) is 5.41 Å². The maximum atomic E-state index is 13.7. The zero-order valence-electron chi connectivity index (χ0n) is 19.5. The average Bonchev–Trinajstić information content (AvgIpc) is 3.28. The second kappa shape index (κ2) is 10.2. The molecule has 2 heterocycles. The van der Waals surface area contributed by atoms with E-state index in [1.165, 1.54) is 13.3 Å². The highest BCUT2D eigenvalue weighted by Crippen LogP contribution is 2.39. The number of nitrogens with one attached hydrogen (secondary N) is 5. The van der Waals surface area contributed by atoms with Gasteiger partial charge in [0.05, 0.1) is 23.7 Å². The number of fused-ring (bicyclic) bond motifs is 1. The van der Waals surface area contributed by atoms with Crippen molar-refractivity contribution in [2.75, 3.05) is 24.8 Å². The fourth-order valence-corrected chi connectivity index (χ4v) is 4.35. The normalized spacial score (nSPS) is 15.2. The molecule has 1 fully saturated rings. The number of aromatic nitrogens is 3. The lowest BCUT2D eigenvalue weighted by molar-refractivity contribution is -0.136. The maximum Gasteiger partial charge on any atom is 0.418 e. The van der Waals surface area contributed by atoms with Crippen molar-refractivity contribution < 1.29 is 17.9 Å². The summed E-state index contributed by atoms with van der Waals surface area (Å²) < 4.78 is 46.6. The molecule has 1 aliphatic carbocycles. The van der Waals surface area contributed by atoms with E-state index in [1.54, 1.807) is 25.3 Å². The lowest BCUT2D eigenvalue weighted by atomic mass is 9.95. The minimum Gasteiger partial charge on any atom is -0.495 e. The van der Waals surface area contributed by atoms with Crippen LogP contribution in [-0.2, 0) is 6.18 Å². The summed E-state index contributed by atoms with van der Waals surface area (Å²) >= 11 is 0. The third-order valence-electron chi connectivity index (χ3n) is 6.06. The Hall–Kier alpha value is -3.76. The van der Waals surface area contributed by atoms with Gasteiger partial charge in [0, 0.05) is 36.8 Å². The van der Waals surface area contributed by atoms with E-state index in [0.29, 0.717) is 11.4 Å². The molecule has 1 aliphatic rings. The molecule has 0 atom stereocenters. The summed E-state index contributed by atoms with van der Waals surface area (Å²) in [5.41, 5.74) is 1.38. The van der Waals surface area contributed by atoms with Gasteiger partial charge in [0.15, 0.2) is 0 Å². The summed E-state index contributed by atoms with van der Waals surface area (Å²) in [5, 5.41) is 16.6. The van der Waals surface area contributed by atoms with Crippen molar-refractivity contribution in [1.82, 2.24) is 20.3 Å². The largest absolute Gasteiger partial charge is 0.495 e. The quantitative estimate of drug-likeness (QED) is 0.261. The molecule has 186 valence electrons. The number of anilines is 3. The van der Waals surface area contributed by atoms with Crippen molar-refractivity contribution in [3.05, 3.63) is 41.6 Å². The first-order valence-electron chi connectivity index (χ1n) is 11.4. The first-order chi connectivity index (χ1) is 16.8. The van der Waals surface area contributed by atoms with E-state index in [0.717, 1.165) is 49.6 Å². The molecule has 0 amide bonds. The van der Waals surface area contributed by atoms with Crippen LogP contribution in [0.2, 0.25) is 0 Å². The number of hydrogen-bond acceptors (Lipinski definition) is 7. The third kappa shape index (κ3) is 5.33. The van der Waals surface area contributed by atoms with Gasteiger partial charge in [-0.1, -0.05) is 25.3 Å². The Morgan fingerprint density at radius 1 is 1.20 bits per heavy atom. The number of methoxy groups -OCH3 is 1. The molecule has 3 aromatic rings. The van der Waals surface area contributed by atoms with E-state index in [4.69, 9.17) is 10.1 Å². The van der Waals surface area contributed by atoms with Gasteiger partial charge in [-0.3, -0.25) is 0 Å². The smallest absolute Gasteiger partial charge is 0.418 e. The highest BCUT2D eigenvalue weighted by Gasteiger charge is 2.36. The van der Waals surface area contributed by atoms with E-state index < -0.39 is 11.7 Å². The summed E-state index contributed by atoms with van der Waals surface area (Å²) in [5.74, 6) is 0.780. The monoisotopic (exact) mass is 487 g/mol. The van der Waals surface area contributed by atoms with Gasteiger partial charge in [-0.25, -0.2) is 0 Å². The molecular formula is C24H28F3N7O. The van der Waals surface area contributed by atoms with Crippen LogP contribution < -0.4 is 20.7 Å². The summed E-state index contributed by atoms with van der Waals surface area (Å²) in [4.78, 5) is 11.4. The second-order valence-corrected chi connectivity index (χ2v) is 8.34. The number of hydrogen-bond donors (Lipinski definition) is 5. The average molecular weight is 488 g/mol. The molecule has 1 aromatic carbocycles. The van der Waals surface area contributed by atoms with Gasteiger partial charge in [0.1, 0.15) is 17.2 Å². The summed E-state index contributed by atoms with van der Waals surface area (Å²) in [6, 6.07) is 5.43.